The Hall–Kier alpha value is -3.28. The van der Waals surface area contributed by atoms with E-state index in [0.29, 0.717) is 29.8 Å². The standard InChI is InChI=1S/C22H23NO5/c1-4-11-23-19(14-6-8-15(24)9-7-14)18(21(26)22(23)27)20(25)16-12-13(2)5-10-17(16)28-3/h5-10,12,19,24-25H,4,11H2,1-3H3/b20-18+. The number of ether oxygens (including phenoxy) is 1. The van der Waals surface area contributed by atoms with Gasteiger partial charge in [-0.2, -0.15) is 0 Å². The van der Waals surface area contributed by atoms with Crippen LogP contribution in [-0.2, 0) is 9.59 Å². The fourth-order valence-corrected chi connectivity index (χ4v) is 3.51. The molecule has 1 saturated heterocycles. The highest BCUT2D eigenvalue weighted by atomic mass is 16.5. The van der Waals surface area contributed by atoms with Gasteiger partial charge >= 0.3 is 0 Å². The molecule has 3 rings (SSSR count). The van der Waals surface area contributed by atoms with Crippen molar-refractivity contribution in [1.82, 2.24) is 4.90 Å². The number of likely N-dealkylation sites (tertiary alicyclic amines) is 1. The van der Waals surface area contributed by atoms with E-state index in [1.54, 1.807) is 24.3 Å². The number of aromatic hydroxyl groups is 1. The minimum absolute atomic E-state index is 0.0213. The lowest BCUT2D eigenvalue weighted by Crippen LogP contribution is -2.30. The minimum Gasteiger partial charge on any atom is -0.508 e. The molecule has 1 unspecified atom stereocenters. The first-order chi connectivity index (χ1) is 13.4. The predicted molar refractivity (Wildman–Crippen MR) is 105 cm³/mol. The lowest BCUT2D eigenvalue weighted by atomic mass is 9.94. The summed E-state index contributed by atoms with van der Waals surface area (Å²) in [6.45, 7) is 4.15. The molecule has 0 aliphatic carbocycles. The van der Waals surface area contributed by atoms with Gasteiger partial charge in [0.25, 0.3) is 11.7 Å². The van der Waals surface area contributed by atoms with Crippen LogP contribution in [0.4, 0.5) is 0 Å². The van der Waals surface area contributed by atoms with Crippen molar-refractivity contribution in [1.29, 1.82) is 0 Å². The Morgan fingerprint density at radius 3 is 2.43 bits per heavy atom. The van der Waals surface area contributed by atoms with Crippen LogP contribution in [-0.4, -0.2) is 40.5 Å². The summed E-state index contributed by atoms with van der Waals surface area (Å²) in [7, 11) is 1.48. The Kier molecular flexibility index (Phi) is 5.40. The Morgan fingerprint density at radius 1 is 1.14 bits per heavy atom. The summed E-state index contributed by atoms with van der Waals surface area (Å²) in [5.74, 6) is -1.15. The highest BCUT2D eigenvalue weighted by molar-refractivity contribution is 6.46. The van der Waals surface area contributed by atoms with Crippen LogP contribution in [0.3, 0.4) is 0 Å². The van der Waals surface area contributed by atoms with Crippen LogP contribution in [0.2, 0.25) is 0 Å². The third-order valence-electron chi connectivity index (χ3n) is 4.82. The van der Waals surface area contributed by atoms with Crippen molar-refractivity contribution in [2.75, 3.05) is 13.7 Å². The number of methoxy groups -OCH3 is 1. The number of aryl methyl sites for hydroxylation is 1. The summed E-state index contributed by atoms with van der Waals surface area (Å²) >= 11 is 0. The van der Waals surface area contributed by atoms with Crippen LogP contribution in [0.1, 0.15) is 36.1 Å². The fraction of sp³-hybridized carbons (Fsp3) is 0.273. The molecule has 0 radical (unpaired) electrons. The second kappa shape index (κ2) is 7.76. The highest BCUT2D eigenvalue weighted by Gasteiger charge is 2.45. The van der Waals surface area contributed by atoms with Gasteiger partial charge in [0.05, 0.1) is 24.3 Å². The van der Waals surface area contributed by atoms with Gasteiger partial charge in [0.1, 0.15) is 17.3 Å². The van der Waals surface area contributed by atoms with E-state index in [9.17, 15) is 19.8 Å². The largest absolute Gasteiger partial charge is 0.508 e. The molecule has 1 amide bonds. The van der Waals surface area contributed by atoms with Gasteiger partial charge in [-0.1, -0.05) is 30.7 Å². The van der Waals surface area contributed by atoms with Gasteiger partial charge < -0.3 is 19.8 Å². The molecule has 0 aromatic heterocycles. The number of aliphatic hydroxyl groups is 1. The predicted octanol–water partition coefficient (Wildman–Crippen LogP) is 3.54. The van der Waals surface area contributed by atoms with Crippen LogP contribution >= 0.6 is 0 Å². The minimum atomic E-state index is -0.731. The van der Waals surface area contributed by atoms with Crippen molar-refractivity contribution in [3.63, 3.8) is 0 Å². The van der Waals surface area contributed by atoms with Gasteiger partial charge in [-0.15, -0.1) is 0 Å². The number of aliphatic hydroxyl groups excluding tert-OH is 1. The van der Waals surface area contributed by atoms with Crippen molar-refractivity contribution in [2.45, 2.75) is 26.3 Å². The third-order valence-corrected chi connectivity index (χ3v) is 4.82. The van der Waals surface area contributed by atoms with E-state index in [4.69, 9.17) is 4.74 Å². The number of ketones is 1. The van der Waals surface area contributed by atoms with E-state index in [1.165, 1.54) is 24.1 Å². The summed E-state index contributed by atoms with van der Waals surface area (Å²) in [6, 6.07) is 10.8. The van der Waals surface area contributed by atoms with Crippen molar-refractivity contribution in [3.8, 4) is 11.5 Å². The molecule has 6 nitrogen and oxygen atoms in total. The molecule has 1 atom stereocenters. The number of phenols is 1. The lowest BCUT2D eigenvalue weighted by molar-refractivity contribution is -0.139. The average molecular weight is 381 g/mol. The molecule has 2 aromatic carbocycles. The molecule has 0 bridgehead atoms. The first-order valence-electron chi connectivity index (χ1n) is 9.11. The molecule has 2 N–H and O–H groups in total. The van der Waals surface area contributed by atoms with Crippen molar-refractivity contribution in [3.05, 3.63) is 64.7 Å². The van der Waals surface area contributed by atoms with E-state index < -0.39 is 17.7 Å². The normalized spacial score (nSPS) is 18.5. The topological polar surface area (TPSA) is 87.1 Å². The van der Waals surface area contributed by atoms with Gasteiger partial charge in [-0.25, -0.2) is 0 Å². The molecule has 6 heteroatoms. The maximum Gasteiger partial charge on any atom is 0.295 e. The summed E-state index contributed by atoms with van der Waals surface area (Å²) in [5.41, 5.74) is 1.90. The van der Waals surface area contributed by atoms with Gasteiger partial charge in [0.2, 0.25) is 0 Å². The molecule has 0 spiro atoms. The summed E-state index contributed by atoms with van der Waals surface area (Å²) < 4.78 is 5.34. The first-order valence-corrected chi connectivity index (χ1v) is 9.11. The Bertz CT molecular complexity index is 946. The zero-order valence-electron chi connectivity index (χ0n) is 16.1. The van der Waals surface area contributed by atoms with E-state index in [0.717, 1.165) is 5.56 Å². The van der Waals surface area contributed by atoms with Crippen molar-refractivity contribution in [2.24, 2.45) is 0 Å². The Morgan fingerprint density at radius 2 is 1.82 bits per heavy atom. The number of hydrogen-bond acceptors (Lipinski definition) is 5. The van der Waals surface area contributed by atoms with Crippen LogP contribution in [0.25, 0.3) is 5.76 Å². The Balaban J connectivity index is 2.24. The van der Waals surface area contributed by atoms with Crippen molar-refractivity contribution >= 4 is 17.4 Å². The maximum absolute atomic E-state index is 12.8. The van der Waals surface area contributed by atoms with Crippen LogP contribution < -0.4 is 4.74 Å². The van der Waals surface area contributed by atoms with Gasteiger partial charge in [-0.05, 0) is 43.2 Å². The van der Waals surface area contributed by atoms with Gasteiger partial charge in [-0.3, -0.25) is 9.59 Å². The monoisotopic (exact) mass is 381 g/mol. The summed E-state index contributed by atoms with van der Waals surface area (Å²) in [4.78, 5) is 27.0. The number of carbonyl (C=O) groups excluding carboxylic acids is 2. The zero-order valence-corrected chi connectivity index (χ0v) is 16.1. The second-order valence-electron chi connectivity index (χ2n) is 6.79. The summed E-state index contributed by atoms with van der Waals surface area (Å²) in [6.07, 6.45) is 0.662. The molecule has 28 heavy (non-hydrogen) atoms. The number of amides is 1. The first kappa shape index (κ1) is 19.5. The smallest absolute Gasteiger partial charge is 0.295 e. The second-order valence-corrected chi connectivity index (χ2v) is 6.79. The summed E-state index contributed by atoms with van der Waals surface area (Å²) in [5, 5.41) is 20.7. The van der Waals surface area contributed by atoms with E-state index in [2.05, 4.69) is 0 Å². The maximum atomic E-state index is 12.8. The Labute approximate surface area is 163 Å². The molecule has 1 heterocycles. The van der Waals surface area contributed by atoms with Crippen LogP contribution in [0.15, 0.2) is 48.0 Å². The molecule has 1 fully saturated rings. The van der Waals surface area contributed by atoms with Crippen molar-refractivity contribution < 1.29 is 24.5 Å². The number of carbonyl (C=O) groups is 2. The van der Waals surface area contributed by atoms with E-state index >= 15 is 0 Å². The number of nitrogens with zero attached hydrogens (tertiary/aromatic N) is 1. The van der Waals surface area contributed by atoms with Gasteiger partial charge in [0, 0.05) is 6.54 Å². The quantitative estimate of drug-likeness (QED) is 0.470. The lowest BCUT2D eigenvalue weighted by Gasteiger charge is -2.25. The number of rotatable bonds is 5. The number of hydrogen-bond donors (Lipinski definition) is 2. The molecular weight excluding hydrogens is 358 g/mol. The molecule has 0 saturated carbocycles. The van der Waals surface area contributed by atoms with E-state index in [1.807, 2.05) is 19.9 Å². The third kappa shape index (κ3) is 3.33. The number of benzene rings is 2. The molecule has 1 aliphatic rings. The average Bonchev–Trinajstić information content (AvgIpc) is 2.93. The fourth-order valence-electron chi connectivity index (χ4n) is 3.51. The molecule has 146 valence electrons. The van der Waals surface area contributed by atoms with E-state index in [-0.39, 0.29) is 17.1 Å². The highest BCUT2D eigenvalue weighted by Crippen LogP contribution is 2.41. The zero-order chi connectivity index (χ0) is 20.4. The van der Waals surface area contributed by atoms with Gasteiger partial charge in [0.15, 0.2) is 0 Å². The van der Waals surface area contributed by atoms with Crippen LogP contribution in [0, 0.1) is 6.92 Å². The number of Topliss-reactive ketones (excluding diaryl/α,β-unsaturated/α-hetero) is 1. The molecule has 2 aromatic rings. The molecule has 1 aliphatic heterocycles. The number of phenolic OH excluding ortho intramolecular Hbond substituents is 1. The van der Waals surface area contributed by atoms with Crippen LogP contribution in [0.5, 0.6) is 11.5 Å². The SMILES string of the molecule is CCCN1C(=O)C(=O)/C(=C(/O)c2cc(C)ccc2OC)C1c1ccc(O)cc1. The molecular formula is C22H23NO5.